The number of halogens is 2. The van der Waals surface area contributed by atoms with Gasteiger partial charge in [0.15, 0.2) is 0 Å². The monoisotopic (exact) mass is 400 g/mol. The molecule has 2 N–H and O–H groups in total. The first-order valence-electron chi connectivity index (χ1n) is 7.45. The second-order valence-corrected chi connectivity index (χ2v) is 8.31. The van der Waals surface area contributed by atoms with Crippen LogP contribution in [0.4, 0.5) is 5.69 Å². The fourth-order valence-electron chi connectivity index (χ4n) is 2.33. The van der Waals surface area contributed by atoms with Crippen LogP contribution in [0.25, 0.3) is 0 Å². The molecular formula is C17H18Cl2N2O3S. The second kappa shape index (κ2) is 7.74. The lowest BCUT2D eigenvalue weighted by atomic mass is 10.1. The molecule has 0 saturated carbocycles. The minimum Gasteiger partial charge on any atom is -0.325 e. The largest absolute Gasteiger partial charge is 0.325 e. The molecular weight excluding hydrogens is 383 g/mol. The highest BCUT2D eigenvalue weighted by Crippen LogP contribution is 2.25. The van der Waals surface area contributed by atoms with Gasteiger partial charge in [0.2, 0.25) is 15.9 Å². The molecule has 0 aliphatic rings. The van der Waals surface area contributed by atoms with E-state index in [0.717, 1.165) is 11.1 Å². The van der Waals surface area contributed by atoms with Crippen LogP contribution in [0, 0.1) is 13.8 Å². The molecule has 0 fully saturated rings. The predicted molar refractivity (Wildman–Crippen MR) is 101 cm³/mol. The van der Waals surface area contributed by atoms with Crippen LogP contribution in [-0.2, 0) is 14.8 Å². The van der Waals surface area contributed by atoms with Crippen LogP contribution in [-0.4, -0.2) is 20.4 Å². The summed E-state index contributed by atoms with van der Waals surface area (Å²) in [5.41, 5.74) is 2.60. The first kappa shape index (κ1) is 19.7. The van der Waals surface area contributed by atoms with Crippen molar-refractivity contribution in [1.29, 1.82) is 0 Å². The Hall–Kier alpha value is -1.60. The van der Waals surface area contributed by atoms with E-state index in [1.807, 2.05) is 19.9 Å². The molecule has 1 amide bonds. The zero-order valence-electron chi connectivity index (χ0n) is 13.9. The molecule has 25 heavy (non-hydrogen) atoms. The lowest BCUT2D eigenvalue weighted by Crippen LogP contribution is -2.41. The van der Waals surface area contributed by atoms with Crippen LogP contribution >= 0.6 is 23.2 Å². The summed E-state index contributed by atoms with van der Waals surface area (Å²) in [6, 6.07) is 8.70. The minimum atomic E-state index is -3.99. The van der Waals surface area contributed by atoms with Gasteiger partial charge in [-0.1, -0.05) is 29.3 Å². The van der Waals surface area contributed by atoms with E-state index in [1.165, 1.54) is 25.1 Å². The molecule has 0 aliphatic carbocycles. The minimum absolute atomic E-state index is 0.0267. The van der Waals surface area contributed by atoms with Crippen molar-refractivity contribution in [1.82, 2.24) is 4.72 Å². The molecule has 2 rings (SSSR count). The average Bonchev–Trinajstić information content (AvgIpc) is 2.48. The molecule has 0 aromatic heterocycles. The van der Waals surface area contributed by atoms with Gasteiger partial charge in [-0.25, -0.2) is 8.42 Å². The number of nitrogens with one attached hydrogen (secondary N) is 2. The Morgan fingerprint density at radius 1 is 1.04 bits per heavy atom. The standard InChI is InChI=1S/C17H18Cl2N2O3S/c1-10-6-11(2)8-14(7-10)20-17(22)12(3)21-25(23,24)16-9-13(18)4-5-15(16)19/h4-9,12,21H,1-3H3,(H,20,22)/t12-/m1/s1. The van der Waals surface area contributed by atoms with E-state index in [1.54, 1.807) is 12.1 Å². The van der Waals surface area contributed by atoms with Gasteiger partial charge >= 0.3 is 0 Å². The molecule has 1 atom stereocenters. The van der Waals surface area contributed by atoms with E-state index in [4.69, 9.17) is 23.2 Å². The smallest absolute Gasteiger partial charge is 0.242 e. The molecule has 0 spiro atoms. The highest BCUT2D eigenvalue weighted by Gasteiger charge is 2.24. The third-order valence-corrected chi connectivity index (χ3v) is 5.65. The lowest BCUT2D eigenvalue weighted by molar-refractivity contribution is -0.117. The van der Waals surface area contributed by atoms with E-state index >= 15 is 0 Å². The topological polar surface area (TPSA) is 75.3 Å². The fraction of sp³-hybridized carbons (Fsp3) is 0.235. The molecule has 0 radical (unpaired) electrons. The average molecular weight is 401 g/mol. The maximum Gasteiger partial charge on any atom is 0.242 e. The van der Waals surface area contributed by atoms with E-state index in [2.05, 4.69) is 10.0 Å². The number of sulfonamides is 1. The van der Waals surface area contributed by atoms with Crippen molar-refractivity contribution in [3.05, 3.63) is 57.6 Å². The Morgan fingerprint density at radius 2 is 1.64 bits per heavy atom. The van der Waals surface area contributed by atoms with E-state index in [9.17, 15) is 13.2 Å². The molecule has 8 heteroatoms. The SMILES string of the molecule is Cc1cc(C)cc(NC(=O)[C@@H](C)NS(=O)(=O)c2cc(Cl)ccc2Cl)c1. The third kappa shape index (κ3) is 5.19. The maximum atomic E-state index is 12.4. The summed E-state index contributed by atoms with van der Waals surface area (Å²) in [6.45, 7) is 5.28. The van der Waals surface area contributed by atoms with Crippen LogP contribution in [0.2, 0.25) is 10.0 Å². The maximum absolute atomic E-state index is 12.4. The number of hydrogen-bond acceptors (Lipinski definition) is 3. The highest BCUT2D eigenvalue weighted by molar-refractivity contribution is 7.89. The van der Waals surface area contributed by atoms with Crippen molar-refractivity contribution in [2.45, 2.75) is 31.7 Å². The van der Waals surface area contributed by atoms with Crippen LogP contribution in [0.5, 0.6) is 0 Å². The van der Waals surface area contributed by atoms with Gasteiger partial charge in [-0.2, -0.15) is 4.72 Å². The lowest BCUT2D eigenvalue weighted by Gasteiger charge is -2.16. The molecule has 134 valence electrons. The first-order valence-corrected chi connectivity index (χ1v) is 9.69. The Balaban J connectivity index is 2.16. The number of carbonyl (C=O) groups excluding carboxylic acids is 1. The number of carbonyl (C=O) groups is 1. The Bertz CT molecular complexity index is 894. The number of anilines is 1. The zero-order chi connectivity index (χ0) is 18.8. The molecule has 0 heterocycles. The third-order valence-electron chi connectivity index (χ3n) is 3.40. The molecule has 2 aromatic carbocycles. The van der Waals surface area contributed by atoms with E-state index in [0.29, 0.717) is 5.69 Å². The van der Waals surface area contributed by atoms with Crippen molar-refractivity contribution >= 4 is 44.8 Å². The van der Waals surface area contributed by atoms with Gasteiger partial charge in [-0.3, -0.25) is 4.79 Å². The first-order chi connectivity index (χ1) is 11.6. The number of amides is 1. The Morgan fingerprint density at radius 3 is 2.24 bits per heavy atom. The number of hydrogen-bond donors (Lipinski definition) is 2. The summed E-state index contributed by atoms with van der Waals surface area (Å²) in [5.74, 6) is -0.480. The van der Waals surface area contributed by atoms with Gasteiger partial charge in [-0.15, -0.1) is 0 Å². The summed E-state index contributed by atoms with van der Waals surface area (Å²) >= 11 is 11.8. The summed E-state index contributed by atoms with van der Waals surface area (Å²) in [7, 11) is -3.99. The Kier molecular flexibility index (Phi) is 6.11. The number of aryl methyl sites for hydroxylation is 2. The highest BCUT2D eigenvalue weighted by atomic mass is 35.5. The van der Waals surface area contributed by atoms with E-state index in [-0.39, 0.29) is 14.9 Å². The second-order valence-electron chi connectivity index (χ2n) is 5.78. The molecule has 5 nitrogen and oxygen atoms in total. The van der Waals surface area contributed by atoms with Crippen molar-refractivity contribution in [2.75, 3.05) is 5.32 Å². The van der Waals surface area contributed by atoms with E-state index < -0.39 is 22.0 Å². The van der Waals surface area contributed by atoms with Gasteiger partial charge in [0.25, 0.3) is 0 Å². The zero-order valence-corrected chi connectivity index (χ0v) is 16.3. The molecule has 0 saturated heterocycles. The number of rotatable bonds is 5. The van der Waals surface area contributed by atoms with Crippen molar-refractivity contribution in [3.63, 3.8) is 0 Å². The van der Waals surface area contributed by atoms with Crippen LogP contribution < -0.4 is 10.0 Å². The van der Waals surface area contributed by atoms with Gasteiger partial charge in [0.05, 0.1) is 11.1 Å². The Labute approximate surface area is 157 Å². The predicted octanol–water partition coefficient (Wildman–Crippen LogP) is 3.92. The molecule has 0 bridgehead atoms. The van der Waals surface area contributed by atoms with Gasteiger partial charge < -0.3 is 5.32 Å². The summed E-state index contributed by atoms with van der Waals surface area (Å²) in [5, 5.41) is 2.96. The van der Waals surface area contributed by atoms with Crippen LogP contribution in [0.3, 0.4) is 0 Å². The number of benzene rings is 2. The van der Waals surface area contributed by atoms with Gasteiger partial charge in [-0.05, 0) is 62.2 Å². The molecule has 0 aliphatic heterocycles. The molecule has 2 aromatic rings. The van der Waals surface area contributed by atoms with Crippen LogP contribution in [0.15, 0.2) is 41.3 Å². The van der Waals surface area contributed by atoms with Crippen molar-refractivity contribution in [3.8, 4) is 0 Å². The van der Waals surface area contributed by atoms with Gasteiger partial charge in [0, 0.05) is 10.7 Å². The normalized spacial score (nSPS) is 12.7. The van der Waals surface area contributed by atoms with Crippen molar-refractivity contribution in [2.24, 2.45) is 0 Å². The summed E-state index contributed by atoms with van der Waals surface area (Å²) < 4.78 is 27.2. The van der Waals surface area contributed by atoms with Crippen molar-refractivity contribution < 1.29 is 13.2 Å². The summed E-state index contributed by atoms with van der Waals surface area (Å²) in [6.07, 6.45) is 0. The quantitative estimate of drug-likeness (QED) is 0.798. The fourth-order valence-corrected chi connectivity index (χ4v) is 4.30. The van der Waals surface area contributed by atoms with Crippen LogP contribution in [0.1, 0.15) is 18.1 Å². The molecule has 0 unspecified atom stereocenters. The summed E-state index contributed by atoms with van der Waals surface area (Å²) in [4.78, 5) is 12.1. The van der Waals surface area contributed by atoms with Gasteiger partial charge in [0.1, 0.15) is 4.90 Å².